The van der Waals surface area contributed by atoms with Gasteiger partial charge in [0.05, 0.1) is 6.20 Å². The molecule has 7 heteroatoms. The summed E-state index contributed by atoms with van der Waals surface area (Å²) in [7, 11) is 0. The van der Waals surface area contributed by atoms with E-state index in [2.05, 4.69) is 50.1 Å². The normalized spacial score (nSPS) is 12.4. The molecule has 4 rings (SSSR count). The summed E-state index contributed by atoms with van der Waals surface area (Å²) in [4.78, 5) is 4.46. The lowest BCUT2D eigenvalue weighted by Gasteiger charge is -2.18. The molecule has 0 spiro atoms. The van der Waals surface area contributed by atoms with Crippen molar-refractivity contribution in [2.75, 3.05) is 30.4 Å². The zero-order chi connectivity index (χ0) is 18.3. The summed E-state index contributed by atoms with van der Waals surface area (Å²) in [5, 5.41) is 14.5. The second-order valence-electron chi connectivity index (χ2n) is 6.16. The highest BCUT2D eigenvalue weighted by Gasteiger charge is 2.12. The first-order valence-corrected chi connectivity index (χ1v) is 9.01. The Morgan fingerprint density at radius 3 is 2.70 bits per heavy atom. The van der Waals surface area contributed by atoms with Gasteiger partial charge < -0.3 is 20.1 Å². The summed E-state index contributed by atoms with van der Waals surface area (Å²) in [5.74, 6) is 2.59. The van der Waals surface area contributed by atoms with Crippen molar-refractivity contribution >= 4 is 17.5 Å². The fraction of sp³-hybridized carbons (Fsp3) is 0.250. The van der Waals surface area contributed by atoms with Crippen molar-refractivity contribution < 1.29 is 9.47 Å². The van der Waals surface area contributed by atoms with E-state index in [1.165, 1.54) is 5.56 Å². The van der Waals surface area contributed by atoms with Gasteiger partial charge in [-0.1, -0.05) is 30.3 Å². The first-order chi connectivity index (χ1) is 13.4. The predicted octanol–water partition coefficient (Wildman–Crippen LogP) is 3.43. The average Bonchev–Trinajstić information content (AvgIpc) is 2.72. The molecule has 0 saturated heterocycles. The number of nitrogens with one attached hydrogen (secondary N) is 2. The standard InChI is InChI=1S/C20H21N5O2/c1-2-5-15(6-3-1)7-4-10-21-19-14-22-25-20(24-19)23-16-8-9-17-18(13-16)27-12-11-26-17/h1-3,5-6,8-9,13-14H,4,7,10-12H2,(H2,21,23,24,25). The molecule has 0 atom stereocenters. The molecule has 1 aromatic heterocycles. The van der Waals surface area contributed by atoms with E-state index in [1.54, 1.807) is 6.20 Å². The molecule has 7 nitrogen and oxygen atoms in total. The number of anilines is 3. The minimum absolute atomic E-state index is 0.430. The van der Waals surface area contributed by atoms with Gasteiger partial charge in [-0.25, -0.2) is 0 Å². The van der Waals surface area contributed by atoms with Crippen LogP contribution < -0.4 is 20.1 Å². The molecule has 1 aliphatic heterocycles. The molecule has 0 aliphatic carbocycles. The maximum Gasteiger partial charge on any atom is 0.249 e. The van der Waals surface area contributed by atoms with E-state index in [-0.39, 0.29) is 0 Å². The van der Waals surface area contributed by atoms with E-state index in [0.29, 0.717) is 25.0 Å². The van der Waals surface area contributed by atoms with Crippen molar-refractivity contribution in [1.29, 1.82) is 0 Å². The van der Waals surface area contributed by atoms with Crippen LogP contribution in [0.15, 0.2) is 54.7 Å². The van der Waals surface area contributed by atoms with E-state index in [1.807, 2.05) is 24.3 Å². The second kappa shape index (κ2) is 8.35. The van der Waals surface area contributed by atoms with Gasteiger partial charge in [0.25, 0.3) is 0 Å². The van der Waals surface area contributed by atoms with Gasteiger partial charge in [-0.2, -0.15) is 10.1 Å². The quantitative estimate of drug-likeness (QED) is 0.622. The van der Waals surface area contributed by atoms with Crippen LogP contribution in [0.4, 0.5) is 17.5 Å². The number of aromatic nitrogens is 3. The van der Waals surface area contributed by atoms with E-state index >= 15 is 0 Å². The molecule has 0 amide bonds. The summed E-state index contributed by atoms with van der Waals surface area (Å²) < 4.78 is 11.1. The van der Waals surface area contributed by atoms with Crippen LogP contribution in [0, 0.1) is 0 Å². The number of aryl methyl sites for hydroxylation is 1. The van der Waals surface area contributed by atoms with Crippen LogP contribution in [0.1, 0.15) is 12.0 Å². The zero-order valence-corrected chi connectivity index (χ0v) is 14.9. The topological polar surface area (TPSA) is 81.2 Å². The molecule has 2 aromatic carbocycles. The summed E-state index contributed by atoms with van der Waals surface area (Å²) in [6, 6.07) is 16.1. The lowest BCUT2D eigenvalue weighted by atomic mass is 10.1. The monoisotopic (exact) mass is 363 g/mol. The molecule has 27 heavy (non-hydrogen) atoms. The van der Waals surface area contributed by atoms with Crippen molar-refractivity contribution in [2.24, 2.45) is 0 Å². The van der Waals surface area contributed by atoms with Crippen LogP contribution in [0.25, 0.3) is 0 Å². The smallest absolute Gasteiger partial charge is 0.249 e. The maximum atomic E-state index is 5.59. The number of fused-ring (bicyclic) bond motifs is 1. The van der Waals surface area contributed by atoms with Gasteiger partial charge >= 0.3 is 0 Å². The fourth-order valence-corrected chi connectivity index (χ4v) is 2.85. The minimum Gasteiger partial charge on any atom is -0.486 e. The number of nitrogens with zero attached hydrogens (tertiary/aromatic N) is 3. The Morgan fingerprint density at radius 2 is 1.81 bits per heavy atom. The van der Waals surface area contributed by atoms with Crippen molar-refractivity contribution in [1.82, 2.24) is 15.2 Å². The van der Waals surface area contributed by atoms with Gasteiger partial charge in [0.1, 0.15) is 13.2 Å². The number of rotatable bonds is 7. The summed E-state index contributed by atoms with van der Waals surface area (Å²) in [5.41, 5.74) is 2.16. The van der Waals surface area contributed by atoms with Gasteiger partial charge in [-0.05, 0) is 30.5 Å². The lowest BCUT2D eigenvalue weighted by molar-refractivity contribution is 0.171. The molecule has 0 unspecified atom stereocenters. The van der Waals surface area contributed by atoms with Crippen LogP contribution in [0.3, 0.4) is 0 Å². The van der Waals surface area contributed by atoms with Gasteiger partial charge in [0.15, 0.2) is 17.3 Å². The molecular weight excluding hydrogens is 342 g/mol. The van der Waals surface area contributed by atoms with Gasteiger partial charge in [0, 0.05) is 18.3 Å². The predicted molar refractivity (Wildman–Crippen MR) is 104 cm³/mol. The molecule has 0 radical (unpaired) electrons. The van der Waals surface area contributed by atoms with Crippen molar-refractivity contribution in [3.05, 3.63) is 60.3 Å². The Hall–Kier alpha value is -3.35. The third kappa shape index (κ3) is 4.63. The van der Waals surface area contributed by atoms with Crippen molar-refractivity contribution in [3.8, 4) is 11.5 Å². The van der Waals surface area contributed by atoms with Crippen LogP contribution >= 0.6 is 0 Å². The summed E-state index contributed by atoms with van der Waals surface area (Å²) in [6.07, 6.45) is 3.66. The summed E-state index contributed by atoms with van der Waals surface area (Å²) >= 11 is 0. The zero-order valence-electron chi connectivity index (χ0n) is 14.9. The Balaban J connectivity index is 1.32. The van der Waals surface area contributed by atoms with Gasteiger partial charge in [-0.15, -0.1) is 5.10 Å². The van der Waals surface area contributed by atoms with Crippen molar-refractivity contribution in [3.63, 3.8) is 0 Å². The molecule has 3 aromatic rings. The molecule has 0 fully saturated rings. The minimum atomic E-state index is 0.430. The largest absolute Gasteiger partial charge is 0.486 e. The Morgan fingerprint density at radius 1 is 0.963 bits per heavy atom. The maximum absolute atomic E-state index is 5.59. The third-order valence-electron chi connectivity index (χ3n) is 4.15. The fourth-order valence-electron chi connectivity index (χ4n) is 2.85. The number of ether oxygens (including phenoxy) is 2. The Kier molecular flexibility index (Phi) is 5.29. The highest BCUT2D eigenvalue weighted by Crippen LogP contribution is 2.33. The first kappa shape index (κ1) is 17.1. The molecule has 0 saturated carbocycles. The van der Waals surface area contributed by atoms with Crippen LogP contribution in [-0.2, 0) is 6.42 Å². The molecule has 2 N–H and O–H groups in total. The molecule has 138 valence electrons. The molecule has 0 bridgehead atoms. The Bertz CT molecular complexity index is 889. The van der Waals surface area contributed by atoms with E-state index in [9.17, 15) is 0 Å². The molecular formula is C20H21N5O2. The highest BCUT2D eigenvalue weighted by molar-refractivity contribution is 5.60. The first-order valence-electron chi connectivity index (χ1n) is 9.01. The number of hydrogen-bond donors (Lipinski definition) is 2. The van der Waals surface area contributed by atoms with Crippen LogP contribution in [0.5, 0.6) is 11.5 Å². The van der Waals surface area contributed by atoms with E-state index in [4.69, 9.17) is 9.47 Å². The molecule has 1 aliphatic rings. The van der Waals surface area contributed by atoms with Gasteiger partial charge in [-0.3, -0.25) is 0 Å². The highest BCUT2D eigenvalue weighted by atomic mass is 16.6. The van der Waals surface area contributed by atoms with Gasteiger partial charge in [0.2, 0.25) is 5.95 Å². The third-order valence-corrected chi connectivity index (χ3v) is 4.15. The number of hydrogen-bond acceptors (Lipinski definition) is 7. The van der Waals surface area contributed by atoms with Crippen molar-refractivity contribution in [2.45, 2.75) is 12.8 Å². The SMILES string of the molecule is c1ccc(CCCNc2cnnc(Nc3ccc4c(c3)OCCO4)n2)cc1. The molecule has 2 heterocycles. The van der Waals surface area contributed by atoms with Crippen LogP contribution in [0.2, 0.25) is 0 Å². The summed E-state index contributed by atoms with van der Waals surface area (Å²) in [6.45, 7) is 1.94. The van der Waals surface area contributed by atoms with Crippen LogP contribution in [-0.4, -0.2) is 34.9 Å². The van der Waals surface area contributed by atoms with E-state index in [0.717, 1.165) is 36.6 Å². The second-order valence-corrected chi connectivity index (χ2v) is 6.16. The lowest BCUT2D eigenvalue weighted by Crippen LogP contribution is -2.15. The Labute approximate surface area is 157 Å². The number of benzene rings is 2. The van der Waals surface area contributed by atoms with E-state index < -0.39 is 0 Å². The average molecular weight is 363 g/mol.